The van der Waals surface area contributed by atoms with Crippen molar-refractivity contribution in [3.63, 3.8) is 0 Å². The SMILES string of the molecule is CC(=O)C1C=CC=C1.CC(=O)O. The van der Waals surface area contributed by atoms with Gasteiger partial charge in [-0.1, -0.05) is 24.3 Å². The van der Waals surface area contributed by atoms with Gasteiger partial charge in [-0.2, -0.15) is 0 Å². The number of carboxylic acid groups (broad SMARTS) is 1. The number of ketones is 1. The van der Waals surface area contributed by atoms with E-state index in [2.05, 4.69) is 0 Å². The summed E-state index contributed by atoms with van der Waals surface area (Å²) in [6.45, 7) is 2.69. The molecule has 0 saturated carbocycles. The third-order valence-electron chi connectivity index (χ3n) is 1.22. The number of aliphatic carboxylic acids is 1. The number of hydrogen-bond acceptors (Lipinski definition) is 2. The van der Waals surface area contributed by atoms with Gasteiger partial charge in [-0.05, 0) is 6.92 Å². The summed E-state index contributed by atoms with van der Waals surface area (Å²) in [6, 6.07) is 0. The predicted molar refractivity (Wildman–Crippen MR) is 45.8 cm³/mol. The first-order valence-corrected chi connectivity index (χ1v) is 3.59. The lowest BCUT2D eigenvalue weighted by atomic mass is 10.1. The van der Waals surface area contributed by atoms with E-state index in [-0.39, 0.29) is 11.7 Å². The van der Waals surface area contributed by atoms with Crippen LogP contribution in [0.25, 0.3) is 0 Å². The third-order valence-corrected chi connectivity index (χ3v) is 1.22. The van der Waals surface area contributed by atoms with E-state index in [1.54, 1.807) is 6.92 Å². The zero-order valence-electron chi connectivity index (χ0n) is 7.15. The molecule has 0 unspecified atom stereocenters. The van der Waals surface area contributed by atoms with Crippen LogP contribution in [0.1, 0.15) is 13.8 Å². The highest BCUT2D eigenvalue weighted by atomic mass is 16.4. The van der Waals surface area contributed by atoms with E-state index in [4.69, 9.17) is 9.90 Å². The van der Waals surface area contributed by atoms with Crippen LogP contribution in [0.3, 0.4) is 0 Å². The number of hydrogen-bond donors (Lipinski definition) is 1. The van der Waals surface area contributed by atoms with Crippen LogP contribution in [-0.4, -0.2) is 16.9 Å². The molecule has 3 heteroatoms. The molecule has 1 rings (SSSR count). The maximum absolute atomic E-state index is 10.5. The highest BCUT2D eigenvalue weighted by Crippen LogP contribution is 2.08. The van der Waals surface area contributed by atoms with E-state index in [0.717, 1.165) is 6.92 Å². The molecule has 1 aliphatic rings. The fourth-order valence-electron chi connectivity index (χ4n) is 0.703. The molecule has 3 nitrogen and oxygen atoms in total. The van der Waals surface area contributed by atoms with Crippen LogP contribution < -0.4 is 0 Å². The topological polar surface area (TPSA) is 54.4 Å². The van der Waals surface area contributed by atoms with Gasteiger partial charge in [-0.3, -0.25) is 9.59 Å². The summed E-state index contributed by atoms with van der Waals surface area (Å²) in [7, 11) is 0. The Morgan fingerprint density at radius 2 is 1.50 bits per heavy atom. The van der Waals surface area contributed by atoms with Gasteiger partial charge in [0.05, 0.1) is 5.92 Å². The molecular formula is C9H12O3. The molecule has 0 saturated heterocycles. The Morgan fingerprint density at radius 1 is 1.17 bits per heavy atom. The Kier molecular flexibility index (Phi) is 4.69. The largest absolute Gasteiger partial charge is 0.481 e. The number of carbonyl (C=O) groups excluding carboxylic acids is 1. The minimum absolute atomic E-state index is 0.0648. The third kappa shape index (κ3) is 5.41. The van der Waals surface area contributed by atoms with Gasteiger partial charge in [-0.25, -0.2) is 0 Å². The van der Waals surface area contributed by atoms with E-state index in [9.17, 15) is 4.79 Å². The molecule has 0 amide bonds. The average Bonchev–Trinajstić information content (AvgIpc) is 2.34. The van der Waals surface area contributed by atoms with Crippen molar-refractivity contribution >= 4 is 11.8 Å². The second-order valence-corrected chi connectivity index (χ2v) is 2.43. The molecule has 66 valence electrons. The zero-order valence-corrected chi connectivity index (χ0v) is 7.15. The van der Waals surface area contributed by atoms with Gasteiger partial charge in [0.15, 0.2) is 0 Å². The Bertz CT molecular complexity index is 210. The first-order valence-electron chi connectivity index (χ1n) is 3.59. The van der Waals surface area contributed by atoms with Gasteiger partial charge in [0.2, 0.25) is 0 Å². The summed E-state index contributed by atoms with van der Waals surface area (Å²) in [4.78, 5) is 19.5. The van der Waals surface area contributed by atoms with Crippen molar-refractivity contribution in [3.05, 3.63) is 24.3 Å². The maximum Gasteiger partial charge on any atom is 0.300 e. The quantitative estimate of drug-likeness (QED) is 0.644. The molecule has 1 N–H and O–H groups in total. The van der Waals surface area contributed by atoms with Gasteiger partial charge >= 0.3 is 0 Å². The molecule has 0 aromatic heterocycles. The van der Waals surface area contributed by atoms with Gasteiger partial charge in [0, 0.05) is 6.92 Å². The monoisotopic (exact) mass is 168 g/mol. The van der Waals surface area contributed by atoms with Crippen LogP contribution in [0, 0.1) is 5.92 Å². The summed E-state index contributed by atoms with van der Waals surface area (Å²) in [5.41, 5.74) is 0. The average molecular weight is 168 g/mol. The second-order valence-electron chi connectivity index (χ2n) is 2.43. The molecule has 0 aromatic carbocycles. The summed E-state index contributed by atoms with van der Waals surface area (Å²) in [6.07, 6.45) is 7.57. The summed E-state index contributed by atoms with van der Waals surface area (Å²) in [5.74, 6) is -0.551. The van der Waals surface area contributed by atoms with E-state index >= 15 is 0 Å². The van der Waals surface area contributed by atoms with Crippen molar-refractivity contribution in [1.29, 1.82) is 0 Å². The molecule has 12 heavy (non-hydrogen) atoms. The molecule has 0 aromatic rings. The normalized spacial score (nSPS) is 13.8. The number of allylic oxidation sites excluding steroid dienone is 4. The second kappa shape index (κ2) is 5.29. The number of Topliss-reactive ketones (excluding diaryl/α,β-unsaturated/α-hetero) is 1. The van der Waals surface area contributed by atoms with Crippen molar-refractivity contribution in [2.24, 2.45) is 5.92 Å². The molecule has 0 spiro atoms. The first kappa shape index (κ1) is 10.6. The molecule has 1 aliphatic carbocycles. The van der Waals surface area contributed by atoms with Gasteiger partial charge in [0.1, 0.15) is 5.78 Å². The van der Waals surface area contributed by atoms with Gasteiger partial charge < -0.3 is 5.11 Å². The lowest BCUT2D eigenvalue weighted by Gasteiger charge is -1.93. The number of carboxylic acids is 1. The fourth-order valence-corrected chi connectivity index (χ4v) is 0.703. The van der Waals surface area contributed by atoms with Crippen LogP contribution in [0.15, 0.2) is 24.3 Å². The van der Waals surface area contributed by atoms with E-state index in [0.29, 0.717) is 0 Å². The van der Waals surface area contributed by atoms with Crippen molar-refractivity contribution < 1.29 is 14.7 Å². The van der Waals surface area contributed by atoms with E-state index in [1.165, 1.54) is 0 Å². The zero-order chi connectivity index (χ0) is 9.56. The Balaban J connectivity index is 0.000000261. The molecule has 0 bridgehead atoms. The van der Waals surface area contributed by atoms with Crippen LogP contribution in [0.4, 0.5) is 0 Å². The smallest absolute Gasteiger partial charge is 0.300 e. The van der Waals surface area contributed by atoms with Crippen LogP contribution >= 0.6 is 0 Å². The van der Waals surface area contributed by atoms with Crippen LogP contribution in [0.5, 0.6) is 0 Å². The maximum atomic E-state index is 10.5. The summed E-state index contributed by atoms with van der Waals surface area (Å²) >= 11 is 0. The van der Waals surface area contributed by atoms with E-state index in [1.807, 2.05) is 24.3 Å². The first-order chi connectivity index (χ1) is 5.54. The van der Waals surface area contributed by atoms with Crippen molar-refractivity contribution in [1.82, 2.24) is 0 Å². The predicted octanol–water partition coefficient (Wildman–Crippen LogP) is 1.41. The fraction of sp³-hybridized carbons (Fsp3) is 0.333. The highest BCUT2D eigenvalue weighted by Gasteiger charge is 2.06. The minimum Gasteiger partial charge on any atom is -0.481 e. The lowest BCUT2D eigenvalue weighted by molar-refractivity contribution is -0.134. The van der Waals surface area contributed by atoms with E-state index < -0.39 is 5.97 Å². The standard InChI is InChI=1S/C7H8O.C2H4O2/c1-6(8)7-4-2-3-5-7;1-2(3)4/h2-5,7H,1H3;1H3,(H,3,4). The molecule has 0 heterocycles. The molecular weight excluding hydrogens is 156 g/mol. The number of rotatable bonds is 1. The summed E-state index contributed by atoms with van der Waals surface area (Å²) < 4.78 is 0. The lowest BCUT2D eigenvalue weighted by Crippen LogP contribution is -2.00. The highest BCUT2D eigenvalue weighted by molar-refractivity contribution is 5.82. The van der Waals surface area contributed by atoms with Crippen LogP contribution in [-0.2, 0) is 9.59 Å². The number of carbonyl (C=O) groups is 2. The molecule has 0 radical (unpaired) electrons. The molecule has 0 atom stereocenters. The minimum atomic E-state index is -0.833. The molecule has 0 aliphatic heterocycles. The van der Waals surface area contributed by atoms with Crippen molar-refractivity contribution in [2.75, 3.05) is 0 Å². The van der Waals surface area contributed by atoms with Gasteiger partial charge in [0.25, 0.3) is 5.97 Å². The Labute approximate surface area is 71.4 Å². The summed E-state index contributed by atoms with van der Waals surface area (Å²) in [5, 5.41) is 7.42. The Hall–Kier alpha value is -1.38. The van der Waals surface area contributed by atoms with Crippen molar-refractivity contribution in [2.45, 2.75) is 13.8 Å². The Morgan fingerprint density at radius 3 is 1.67 bits per heavy atom. The molecule has 0 fully saturated rings. The van der Waals surface area contributed by atoms with Crippen molar-refractivity contribution in [3.8, 4) is 0 Å². The van der Waals surface area contributed by atoms with Crippen LogP contribution in [0.2, 0.25) is 0 Å². The van der Waals surface area contributed by atoms with Gasteiger partial charge in [-0.15, -0.1) is 0 Å².